The zero-order valence-corrected chi connectivity index (χ0v) is 20.0. The summed E-state index contributed by atoms with van der Waals surface area (Å²) in [6.45, 7) is 0.176. The fourth-order valence-electron chi connectivity index (χ4n) is 2.76. The molecule has 0 heterocycles. The number of rotatable bonds is 9. The molecule has 7 nitrogen and oxygen atoms in total. The fraction of sp³-hybridized carbons (Fsp3) is 0.125. The van der Waals surface area contributed by atoms with E-state index >= 15 is 0 Å². The van der Waals surface area contributed by atoms with Gasteiger partial charge in [0.1, 0.15) is 18.1 Å². The smallest absolute Gasteiger partial charge is 0.259 e. The van der Waals surface area contributed by atoms with Gasteiger partial charge in [-0.15, -0.1) is 0 Å². The number of methoxy groups -OCH3 is 1. The van der Waals surface area contributed by atoms with E-state index in [1.54, 1.807) is 36.4 Å². The third-order valence-electron chi connectivity index (χ3n) is 4.43. The molecule has 33 heavy (non-hydrogen) atoms. The first-order valence-electron chi connectivity index (χ1n) is 9.86. The van der Waals surface area contributed by atoms with Gasteiger partial charge in [-0.3, -0.25) is 9.59 Å². The van der Waals surface area contributed by atoms with E-state index in [0.29, 0.717) is 28.7 Å². The molecule has 0 atom stereocenters. The highest BCUT2D eigenvalue weighted by atomic mass is 79.9. The second kappa shape index (κ2) is 12.0. The molecule has 0 saturated heterocycles. The van der Waals surface area contributed by atoms with Crippen molar-refractivity contribution in [1.82, 2.24) is 10.7 Å². The van der Waals surface area contributed by atoms with Crippen molar-refractivity contribution in [2.75, 3.05) is 13.7 Å². The van der Waals surface area contributed by atoms with E-state index in [0.717, 1.165) is 15.6 Å². The molecule has 0 aliphatic carbocycles. The minimum Gasteiger partial charge on any atom is -0.496 e. The van der Waals surface area contributed by atoms with Crippen molar-refractivity contribution in [1.29, 1.82) is 0 Å². The maximum atomic E-state index is 12.2. The van der Waals surface area contributed by atoms with Gasteiger partial charge in [0.05, 0.1) is 29.9 Å². The van der Waals surface area contributed by atoms with Crippen LogP contribution in [0.15, 0.2) is 76.3 Å². The molecule has 0 fully saturated rings. The van der Waals surface area contributed by atoms with E-state index < -0.39 is 11.8 Å². The maximum Gasteiger partial charge on any atom is 0.259 e. The van der Waals surface area contributed by atoms with Crippen LogP contribution >= 0.6 is 27.5 Å². The van der Waals surface area contributed by atoms with Gasteiger partial charge in [0, 0.05) is 5.02 Å². The first-order chi connectivity index (χ1) is 16.0. The summed E-state index contributed by atoms with van der Waals surface area (Å²) in [6.07, 6.45) is 1.49. The van der Waals surface area contributed by atoms with Crippen molar-refractivity contribution in [3.8, 4) is 11.5 Å². The van der Waals surface area contributed by atoms with E-state index in [1.165, 1.54) is 13.3 Å². The molecule has 0 unspecified atom stereocenters. The molecule has 3 aromatic rings. The lowest BCUT2D eigenvalue weighted by Crippen LogP contribution is -2.35. The lowest BCUT2D eigenvalue weighted by molar-refractivity contribution is -0.120. The summed E-state index contributed by atoms with van der Waals surface area (Å²) >= 11 is 9.37. The summed E-state index contributed by atoms with van der Waals surface area (Å²) in [6, 6.07) is 19.6. The molecule has 2 amide bonds. The molecule has 0 aliphatic rings. The Morgan fingerprint density at radius 2 is 1.82 bits per heavy atom. The van der Waals surface area contributed by atoms with Crippen LogP contribution in [0.2, 0.25) is 5.02 Å². The van der Waals surface area contributed by atoms with Gasteiger partial charge in [0.15, 0.2) is 0 Å². The van der Waals surface area contributed by atoms with Crippen LogP contribution in [0.3, 0.4) is 0 Å². The number of para-hydroxylation sites is 1. The van der Waals surface area contributed by atoms with Gasteiger partial charge < -0.3 is 14.8 Å². The summed E-state index contributed by atoms with van der Waals surface area (Å²) in [5.41, 5.74) is 4.47. The van der Waals surface area contributed by atoms with E-state index in [1.807, 2.05) is 30.3 Å². The zero-order valence-electron chi connectivity index (χ0n) is 17.7. The van der Waals surface area contributed by atoms with Gasteiger partial charge in [-0.05, 0) is 69.5 Å². The Morgan fingerprint density at radius 1 is 1.06 bits per heavy atom. The molecule has 170 valence electrons. The maximum absolute atomic E-state index is 12.2. The van der Waals surface area contributed by atoms with E-state index in [2.05, 4.69) is 31.8 Å². The summed E-state index contributed by atoms with van der Waals surface area (Å²) < 4.78 is 11.7. The highest BCUT2D eigenvalue weighted by Gasteiger charge is 2.12. The molecule has 0 radical (unpaired) electrons. The van der Waals surface area contributed by atoms with Gasteiger partial charge >= 0.3 is 0 Å². The predicted molar refractivity (Wildman–Crippen MR) is 131 cm³/mol. The Balaban J connectivity index is 1.47. The number of nitrogens with one attached hydrogen (secondary N) is 2. The van der Waals surface area contributed by atoms with Crippen LogP contribution < -0.4 is 20.2 Å². The van der Waals surface area contributed by atoms with Gasteiger partial charge in [-0.2, -0.15) is 5.10 Å². The second-order valence-corrected chi connectivity index (χ2v) is 8.07. The molecule has 3 rings (SSSR count). The Labute approximate surface area is 204 Å². The lowest BCUT2D eigenvalue weighted by atomic mass is 10.2. The largest absolute Gasteiger partial charge is 0.496 e. The van der Waals surface area contributed by atoms with Gasteiger partial charge in [-0.25, -0.2) is 5.43 Å². The predicted octanol–water partition coefficient (Wildman–Crippen LogP) is 4.57. The Kier molecular flexibility index (Phi) is 8.86. The number of carbonyl (C=O) groups excluding carboxylic acids is 2. The van der Waals surface area contributed by atoms with Crippen molar-refractivity contribution in [2.45, 2.75) is 6.61 Å². The summed E-state index contributed by atoms with van der Waals surface area (Å²) in [5.74, 6) is 0.228. The number of halogens is 2. The lowest BCUT2D eigenvalue weighted by Gasteiger charge is -2.09. The fourth-order valence-corrected chi connectivity index (χ4v) is 3.40. The monoisotopic (exact) mass is 529 g/mol. The number of amides is 2. The second-order valence-electron chi connectivity index (χ2n) is 6.78. The molecule has 3 aromatic carbocycles. The summed E-state index contributed by atoms with van der Waals surface area (Å²) in [4.78, 5) is 24.2. The van der Waals surface area contributed by atoms with Gasteiger partial charge in [0.2, 0.25) is 0 Å². The minimum atomic E-state index is -0.462. The van der Waals surface area contributed by atoms with Crippen molar-refractivity contribution in [2.24, 2.45) is 5.10 Å². The minimum absolute atomic E-state index is 0.227. The van der Waals surface area contributed by atoms with Gasteiger partial charge in [0.25, 0.3) is 11.8 Å². The number of nitrogens with zero attached hydrogens (tertiary/aromatic N) is 1. The van der Waals surface area contributed by atoms with Crippen LogP contribution in [0.1, 0.15) is 21.5 Å². The average molecular weight is 531 g/mol. The Morgan fingerprint density at radius 3 is 2.55 bits per heavy atom. The normalized spacial score (nSPS) is 10.6. The molecule has 0 saturated carbocycles. The number of hydrogen-bond acceptors (Lipinski definition) is 5. The highest BCUT2D eigenvalue weighted by molar-refractivity contribution is 9.10. The number of ether oxygens (including phenoxy) is 2. The molecule has 9 heteroatoms. The molecule has 2 N–H and O–H groups in total. The number of benzene rings is 3. The Hall–Kier alpha value is -3.36. The van der Waals surface area contributed by atoms with Crippen LogP contribution in [0.25, 0.3) is 0 Å². The number of hydrogen-bond donors (Lipinski definition) is 2. The van der Waals surface area contributed by atoms with Gasteiger partial charge in [-0.1, -0.05) is 35.9 Å². The highest BCUT2D eigenvalue weighted by Crippen LogP contribution is 2.26. The standard InChI is InChI=1S/C24H21BrClN3O4/c1-32-21-5-3-2-4-19(21)24(31)27-14-23(30)29-28-13-17-8-11-22(20(25)12-17)33-15-16-6-9-18(26)10-7-16/h2-13H,14-15H2,1H3,(H,27,31)(H,29,30). The van der Waals surface area contributed by atoms with Crippen molar-refractivity contribution >= 4 is 45.6 Å². The topological polar surface area (TPSA) is 89.0 Å². The quantitative estimate of drug-likeness (QED) is 0.313. The van der Waals surface area contributed by atoms with Crippen LogP contribution in [-0.2, 0) is 11.4 Å². The number of carbonyl (C=O) groups is 2. The first-order valence-corrected chi connectivity index (χ1v) is 11.0. The molecule has 0 spiro atoms. The first kappa shape index (κ1) is 24.3. The van der Waals surface area contributed by atoms with Crippen LogP contribution in [-0.4, -0.2) is 31.7 Å². The third-order valence-corrected chi connectivity index (χ3v) is 5.30. The van der Waals surface area contributed by atoms with Crippen molar-refractivity contribution in [3.05, 3.63) is 92.9 Å². The van der Waals surface area contributed by atoms with Crippen molar-refractivity contribution < 1.29 is 19.1 Å². The summed E-state index contributed by atoms with van der Waals surface area (Å²) in [7, 11) is 1.48. The average Bonchev–Trinajstić information content (AvgIpc) is 2.83. The van der Waals surface area contributed by atoms with Crippen LogP contribution in [0.4, 0.5) is 0 Å². The zero-order chi connectivity index (χ0) is 23.6. The van der Waals surface area contributed by atoms with Crippen molar-refractivity contribution in [3.63, 3.8) is 0 Å². The van der Waals surface area contributed by atoms with E-state index in [-0.39, 0.29) is 6.54 Å². The molecule has 0 aromatic heterocycles. The molecule has 0 aliphatic heterocycles. The van der Waals surface area contributed by atoms with E-state index in [4.69, 9.17) is 21.1 Å². The SMILES string of the molecule is COc1ccccc1C(=O)NCC(=O)NN=Cc1ccc(OCc2ccc(Cl)cc2)c(Br)c1. The van der Waals surface area contributed by atoms with Crippen LogP contribution in [0, 0.1) is 0 Å². The molecular weight excluding hydrogens is 510 g/mol. The third kappa shape index (κ3) is 7.34. The summed E-state index contributed by atoms with van der Waals surface area (Å²) in [5, 5.41) is 7.13. The molecular formula is C24H21BrClN3O4. The number of hydrazone groups is 1. The van der Waals surface area contributed by atoms with Crippen LogP contribution in [0.5, 0.6) is 11.5 Å². The Bertz CT molecular complexity index is 1150. The molecule has 0 bridgehead atoms. The van der Waals surface area contributed by atoms with E-state index in [9.17, 15) is 9.59 Å².